The minimum Gasteiger partial charge on any atom is -0.353 e. The zero-order valence-corrected chi connectivity index (χ0v) is 17.7. The monoisotopic (exact) mass is 420 g/mol. The number of benzene rings is 1. The number of nitrogens with one attached hydrogen (secondary N) is 2. The fraction of sp³-hybridized carbons (Fsp3) is 0.529. The molecule has 0 aliphatic heterocycles. The van der Waals surface area contributed by atoms with E-state index in [9.17, 15) is 18.0 Å². The number of halogens is 1. The average Bonchev–Trinajstić information content (AvgIpc) is 2.59. The van der Waals surface area contributed by atoms with Crippen molar-refractivity contribution >= 4 is 39.9 Å². The molecule has 27 heavy (non-hydrogen) atoms. The highest BCUT2D eigenvalue weighted by atomic mass is 35.5. The standard InChI is InChI=1S/C17H28N4O4S.ClH/c1-5-17(18,6-2)12-19-16(23)11-21(4)26(24,25)15-9-7-14(8-10-15)20-13(3)22;/h7-10H,5-6,11-12,18H2,1-4H3,(H,19,23)(H,20,22);1H. The zero-order valence-electron chi connectivity index (χ0n) is 16.1. The van der Waals surface area contributed by atoms with Gasteiger partial charge < -0.3 is 16.4 Å². The summed E-state index contributed by atoms with van der Waals surface area (Å²) in [4.78, 5) is 23.1. The van der Waals surface area contributed by atoms with Gasteiger partial charge in [-0.3, -0.25) is 9.59 Å². The van der Waals surface area contributed by atoms with Crippen LogP contribution in [0.5, 0.6) is 0 Å². The Balaban J connectivity index is 0.00000676. The molecule has 0 aliphatic carbocycles. The van der Waals surface area contributed by atoms with Crippen LogP contribution in [0.4, 0.5) is 5.69 Å². The molecule has 0 aliphatic rings. The van der Waals surface area contributed by atoms with Gasteiger partial charge in [0.05, 0.1) is 11.4 Å². The first-order chi connectivity index (χ1) is 12.0. The van der Waals surface area contributed by atoms with Crippen LogP contribution in [-0.2, 0) is 19.6 Å². The van der Waals surface area contributed by atoms with Crippen LogP contribution in [0, 0.1) is 0 Å². The van der Waals surface area contributed by atoms with E-state index in [-0.39, 0.29) is 36.3 Å². The minimum absolute atomic E-state index is 0. The average molecular weight is 421 g/mol. The van der Waals surface area contributed by atoms with E-state index in [1.807, 2.05) is 13.8 Å². The summed E-state index contributed by atoms with van der Waals surface area (Å²) in [6, 6.07) is 5.75. The van der Waals surface area contributed by atoms with Crippen LogP contribution < -0.4 is 16.4 Å². The molecule has 0 bridgehead atoms. The second-order valence-corrected chi connectivity index (χ2v) is 8.36. The summed E-state index contributed by atoms with van der Waals surface area (Å²) < 4.78 is 26.1. The van der Waals surface area contributed by atoms with Crippen molar-refractivity contribution in [2.45, 2.75) is 44.0 Å². The van der Waals surface area contributed by atoms with Gasteiger partial charge in [-0.2, -0.15) is 4.31 Å². The van der Waals surface area contributed by atoms with Gasteiger partial charge in [-0.25, -0.2) is 8.42 Å². The fourth-order valence-electron chi connectivity index (χ4n) is 2.21. The van der Waals surface area contributed by atoms with E-state index >= 15 is 0 Å². The molecular weight excluding hydrogens is 392 g/mol. The van der Waals surface area contributed by atoms with Crippen molar-refractivity contribution in [1.29, 1.82) is 0 Å². The Hall–Kier alpha value is -1.68. The van der Waals surface area contributed by atoms with Gasteiger partial charge in [0.1, 0.15) is 0 Å². The molecule has 0 heterocycles. The van der Waals surface area contributed by atoms with Crippen LogP contribution in [0.3, 0.4) is 0 Å². The van der Waals surface area contributed by atoms with Crippen molar-refractivity contribution in [3.8, 4) is 0 Å². The SMILES string of the molecule is CCC(N)(CC)CNC(=O)CN(C)S(=O)(=O)c1ccc(NC(C)=O)cc1.Cl. The fourth-order valence-corrected chi connectivity index (χ4v) is 3.34. The Morgan fingerprint density at radius 1 is 1.15 bits per heavy atom. The summed E-state index contributed by atoms with van der Waals surface area (Å²) in [5.74, 6) is -0.660. The van der Waals surface area contributed by atoms with E-state index in [1.54, 1.807) is 0 Å². The highest BCUT2D eigenvalue weighted by molar-refractivity contribution is 7.89. The maximum Gasteiger partial charge on any atom is 0.243 e. The van der Waals surface area contributed by atoms with Gasteiger partial charge in [0.15, 0.2) is 0 Å². The summed E-state index contributed by atoms with van der Waals surface area (Å²) in [6.45, 7) is 5.23. The van der Waals surface area contributed by atoms with Crippen molar-refractivity contribution < 1.29 is 18.0 Å². The van der Waals surface area contributed by atoms with Crippen molar-refractivity contribution in [3.05, 3.63) is 24.3 Å². The number of nitrogens with two attached hydrogens (primary N) is 1. The maximum atomic E-state index is 12.5. The second kappa shape index (κ2) is 10.6. The molecule has 1 aromatic rings. The van der Waals surface area contributed by atoms with Crippen LogP contribution >= 0.6 is 12.4 Å². The molecule has 0 saturated heterocycles. The molecule has 4 N–H and O–H groups in total. The Labute approximate surface area is 167 Å². The van der Waals surface area contributed by atoms with E-state index in [2.05, 4.69) is 10.6 Å². The minimum atomic E-state index is -3.82. The Morgan fingerprint density at radius 2 is 1.67 bits per heavy atom. The summed E-state index contributed by atoms with van der Waals surface area (Å²) in [7, 11) is -2.48. The number of amides is 2. The third-order valence-electron chi connectivity index (χ3n) is 4.29. The van der Waals surface area contributed by atoms with Crippen LogP contribution in [0.25, 0.3) is 0 Å². The van der Waals surface area contributed by atoms with Crippen molar-refractivity contribution in [2.24, 2.45) is 5.73 Å². The summed E-state index contributed by atoms with van der Waals surface area (Å²) in [6.07, 6.45) is 1.41. The highest BCUT2D eigenvalue weighted by Crippen LogP contribution is 2.17. The van der Waals surface area contributed by atoms with Crippen LogP contribution in [-0.4, -0.2) is 50.2 Å². The molecular formula is C17H29ClN4O4S. The van der Waals surface area contributed by atoms with E-state index < -0.39 is 21.5 Å². The predicted octanol–water partition coefficient (Wildman–Crippen LogP) is 1.32. The van der Waals surface area contributed by atoms with Gasteiger partial charge in [-0.15, -0.1) is 12.4 Å². The Bertz CT molecular complexity index is 734. The largest absolute Gasteiger partial charge is 0.353 e. The van der Waals surface area contributed by atoms with Crippen molar-refractivity contribution in [1.82, 2.24) is 9.62 Å². The summed E-state index contributed by atoms with van der Waals surface area (Å²) >= 11 is 0. The number of hydrogen-bond donors (Lipinski definition) is 3. The molecule has 154 valence electrons. The molecule has 1 aromatic carbocycles. The lowest BCUT2D eigenvalue weighted by molar-refractivity contribution is -0.121. The van der Waals surface area contributed by atoms with E-state index in [4.69, 9.17) is 5.73 Å². The van der Waals surface area contributed by atoms with Gasteiger partial charge in [0.2, 0.25) is 21.8 Å². The number of sulfonamides is 1. The number of anilines is 1. The molecule has 0 spiro atoms. The number of carbonyl (C=O) groups is 2. The summed E-state index contributed by atoms with van der Waals surface area (Å²) in [5, 5.41) is 5.26. The predicted molar refractivity (Wildman–Crippen MR) is 108 cm³/mol. The number of nitrogens with zero attached hydrogens (tertiary/aromatic N) is 1. The van der Waals surface area contributed by atoms with Gasteiger partial charge in [0.25, 0.3) is 0 Å². The maximum absolute atomic E-state index is 12.5. The normalized spacial score (nSPS) is 11.6. The highest BCUT2D eigenvalue weighted by Gasteiger charge is 2.25. The molecule has 10 heteroatoms. The van der Waals surface area contributed by atoms with E-state index in [0.717, 1.165) is 4.31 Å². The Kier molecular flexibility index (Phi) is 9.94. The van der Waals surface area contributed by atoms with Crippen molar-refractivity contribution in [3.63, 3.8) is 0 Å². The lowest BCUT2D eigenvalue weighted by Crippen LogP contribution is -2.51. The third kappa shape index (κ3) is 7.45. The molecule has 0 radical (unpaired) electrons. The lowest BCUT2D eigenvalue weighted by Gasteiger charge is -2.27. The van der Waals surface area contributed by atoms with E-state index in [1.165, 1.54) is 38.2 Å². The lowest BCUT2D eigenvalue weighted by atomic mass is 9.94. The van der Waals surface area contributed by atoms with Gasteiger partial charge >= 0.3 is 0 Å². The topological polar surface area (TPSA) is 122 Å². The van der Waals surface area contributed by atoms with Crippen molar-refractivity contribution in [2.75, 3.05) is 25.5 Å². The number of likely N-dealkylation sites (N-methyl/N-ethyl adjacent to an activating group) is 1. The first-order valence-corrected chi connectivity index (χ1v) is 9.87. The smallest absolute Gasteiger partial charge is 0.243 e. The molecule has 8 nitrogen and oxygen atoms in total. The van der Waals surface area contributed by atoms with Crippen LogP contribution in [0.1, 0.15) is 33.6 Å². The first kappa shape index (κ1) is 25.3. The molecule has 0 saturated carbocycles. The molecule has 0 fully saturated rings. The third-order valence-corrected chi connectivity index (χ3v) is 6.11. The second-order valence-electron chi connectivity index (χ2n) is 6.31. The quantitative estimate of drug-likeness (QED) is 0.556. The number of hydrogen-bond acceptors (Lipinski definition) is 5. The molecule has 0 aromatic heterocycles. The molecule has 1 rings (SSSR count). The Morgan fingerprint density at radius 3 is 2.11 bits per heavy atom. The van der Waals surface area contributed by atoms with Crippen LogP contribution in [0.2, 0.25) is 0 Å². The molecule has 0 unspecified atom stereocenters. The van der Waals surface area contributed by atoms with Gasteiger partial charge in [0, 0.05) is 31.7 Å². The zero-order chi connectivity index (χ0) is 20.0. The molecule has 2 amide bonds. The van der Waals surface area contributed by atoms with Crippen LogP contribution in [0.15, 0.2) is 29.2 Å². The van der Waals surface area contributed by atoms with Gasteiger partial charge in [-0.1, -0.05) is 13.8 Å². The van der Waals surface area contributed by atoms with Gasteiger partial charge in [-0.05, 0) is 37.1 Å². The number of rotatable bonds is 9. The number of carbonyl (C=O) groups excluding carboxylic acids is 2. The summed E-state index contributed by atoms with van der Waals surface area (Å²) in [5.41, 5.74) is 6.13. The first-order valence-electron chi connectivity index (χ1n) is 8.43. The van der Waals surface area contributed by atoms with E-state index in [0.29, 0.717) is 18.5 Å². The molecule has 0 atom stereocenters.